The van der Waals surface area contributed by atoms with Crippen LogP contribution in [0.3, 0.4) is 0 Å². The summed E-state index contributed by atoms with van der Waals surface area (Å²) in [5.41, 5.74) is 4.81. The van der Waals surface area contributed by atoms with Gasteiger partial charge >= 0.3 is 0 Å². The second-order valence-electron chi connectivity index (χ2n) is 8.65. The smallest absolute Gasteiger partial charge is 0.261 e. The Morgan fingerprint density at radius 1 is 0.946 bits per heavy atom. The number of sulfonamides is 1. The summed E-state index contributed by atoms with van der Waals surface area (Å²) in [4.78, 5) is 24.5. The molecule has 0 unspecified atom stereocenters. The Morgan fingerprint density at radius 2 is 1.68 bits per heavy atom. The third-order valence-electron chi connectivity index (χ3n) is 5.97. The SMILES string of the molecule is Cc1cc2nc(N(Cc3cccnc3)C(=O)c3ccc(NS(=O)(=O)c4ccccc4)cc3)sc2cc1C. The summed E-state index contributed by atoms with van der Waals surface area (Å²) < 4.78 is 28.9. The predicted molar refractivity (Wildman–Crippen MR) is 148 cm³/mol. The Balaban J connectivity index is 1.45. The first-order chi connectivity index (χ1) is 17.8. The molecular formula is C28H24N4O3S2. The van der Waals surface area contributed by atoms with Crippen molar-refractivity contribution in [3.8, 4) is 0 Å². The van der Waals surface area contributed by atoms with Crippen LogP contribution in [0.4, 0.5) is 10.8 Å². The van der Waals surface area contributed by atoms with E-state index in [0.717, 1.165) is 21.3 Å². The van der Waals surface area contributed by atoms with E-state index in [0.29, 0.717) is 22.9 Å². The lowest BCUT2D eigenvalue weighted by molar-refractivity contribution is 0.0985. The summed E-state index contributed by atoms with van der Waals surface area (Å²) in [6, 6.07) is 22.4. The Labute approximate surface area is 219 Å². The van der Waals surface area contributed by atoms with Crippen molar-refractivity contribution >= 4 is 48.3 Å². The minimum atomic E-state index is -3.73. The molecular weight excluding hydrogens is 504 g/mol. The highest BCUT2D eigenvalue weighted by atomic mass is 32.2. The number of benzene rings is 3. The predicted octanol–water partition coefficient (Wildman–Crippen LogP) is 5.96. The standard InChI is InChI=1S/C28H24N4O3S2/c1-19-15-25-26(16-20(19)2)36-28(30-25)32(18-21-7-6-14-29-17-21)27(33)22-10-12-23(13-11-22)31-37(34,35)24-8-4-3-5-9-24/h3-17,31H,18H2,1-2H3. The van der Waals surface area contributed by atoms with E-state index in [1.807, 2.05) is 25.1 Å². The molecule has 0 aliphatic rings. The fourth-order valence-corrected chi connectivity index (χ4v) is 5.96. The number of hydrogen-bond acceptors (Lipinski definition) is 6. The van der Waals surface area contributed by atoms with E-state index in [2.05, 4.69) is 22.7 Å². The van der Waals surface area contributed by atoms with Crippen LogP contribution in [-0.2, 0) is 16.6 Å². The van der Waals surface area contributed by atoms with Gasteiger partial charge in [0.25, 0.3) is 15.9 Å². The lowest BCUT2D eigenvalue weighted by Crippen LogP contribution is -2.30. The maximum absolute atomic E-state index is 13.7. The van der Waals surface area contributed by atoms with E-state index in [9.17, 15) is 13.2 Å². The van der Waals surface area contributed by atoms with E-state index in [-0.39, 0.29) is 10.8 Å². The van der Waals surface area contributed by atoms with Gasteiger partial charge in [-0.05, 0) is 85.1 Å². The van der Waals surface area contributed by atoms with E-state index in [4.69, 9.17) is 4.98 Å². The molecule has 0 saturated heterocycles. The zero-order valence-corrected chi connectivity index (χ0v) is 21.9. The summed E-state index contributed by atoms with van der Waals surface area (Å²) >= 11 is 1.46. The van der Waals surface area contributed by atoms with Crippen molar-refractivity contribution < 1.29 is 13.2 Å². The molecule has 0 atom stereocenters. The molecule has 3 aromatic carbocycles. The van der Waals surface area contributed by atoms with Gasteiger partial charge in [0, 0.05) is 23.6 Å². The number of aromatic nitrogens is 2. The lowest BCUT2D eigenvalue weighted by atomic mass is 10.1. The van der Waals surface area contributed by atoms with Gasteiger partial charge in [0.2, 0.25) is 0 Å². The molecule has 2 heterocycles. The number of amides is 1. The van der Waals surface area contributed by atoms with Crippen LogP contribution in [0.25, 0.3) is 10.2 Å². The highest BCUT2D eigenvalue weighted by Gasteiger charge is 2.23. The molecule has 0 fully saturated rings. The van der Waals surface area contributed by atoms with E-state index in [1.165, 1.54) is 29.0 Å². The second kappa shape index (κ2) is 10.1. The molecule has 186 valence electrons. The first-order valence-corrected chi connectivity index (χ1v) is 13.9. The molecule has 1 amide bonds. The molecule has 2 aromatic heterocycles. The van der Waals surface area contributed by atoms with Crippen molar-refractivity contribution in [1.29, 1.82) is 0 Å². The summed E-state index contributed by atoms with van der Waals surface area (Å²) in [7, 11) is -3.73. The average molecular weight is 529 g/mol. The van der Waals surface area contributed by atoms with E-state index >= 15 is 0 Å². The van der Waals surface area contributed by atoms with E-state index < -0.39 is 10.0 Å². The van der Waals surface area contributed by atoms with Crippen LogP contribution >= 0.6 is 11.3 Å². The summed E-state index contributed by atoms with van der Waals surface area (Å²) in [6.07, 6.45) is 3.41. The van der Waals surface area contributed by atoms with Crippen LogP contribution in [0.5, 0.6) is 0 Å². The first-order valence-electron chi connectivity index (χ1n) is 11.6. The number of thiazole rings is 1. The molecule has 37 heavy (non-hydrogen) atoms. The molecule has 0 radical (unpaired) electrons. The highest BCUT2D eigenvalue weighted by Crippen LogP contribution is 2.32. The fourth-order valence-electron chi connectivity index (χ4n) is 3.83. The number of fused-ring (bicyclic) bond motifs is 1. The van der Waals surface area contributed by atoms with Gasteiger partial charge in [0.15, 0.2) is 5.13 Å². The molecule has 1 N–H and O–H groups in total. The molecule has 5 aromatic rings. The van der Waals surface area contributed by atoms with Gasteiger partial charge in [0.05, 0.1) is 21.7 Å². The Hall–Kier alpha value is -4.08. The Morgan fingerprint density at radius 3 is 2.38 bits per heavy atom. The van der Waals surface area contributed by atoms with Gasteiger partial charge < -0.3 is 0 Å². The van der Waals surface area contributed by atoms with Crippen molar-refractivity contribution in [3.63, 3.8) is 0 Å². The van der Waals surface area contributed by atoms with Crippen molar-refractivity contribution in [1.82, 2.24) is 9.97 Å². The van der Waals surface area contributed by atoms with E-state index in [1.54, 1.807) is 59.8 Å². The molecule has 0 aliphatic carbocycles. The fraction of sp³-hybridized carbons (Fsp3) is 0.107. The van der Waals surface area contributed by atoms with Crippen molar-refractivity contribution in [2.24, 2.45) is 0 Å². The molecule has 9 heteroatoms. The number of carbonyl (C=O) groups is 1. The van der Waals surface area contributed by atoms with Gasteiger partial charge in [-0.25, -0.2) is 13.4 Å². The molecule has 7 nitrogen and oxygen atoms in total. The molecule has 0 saturated carbocycles. The first kappa shape index (κ1) is 24.6. The molecule has 0 bridgehead atoms. The molecule has 0 spiro atoms. The maximum Gasteiger partial charge on any atom is 0.261 e. The highest BCUT2D eigenvalue weighted by molar-refractivity contribution is 7.92. The number of hydrogen-bond donors (Lipinski definition) is 1. The largest absolute Gasteiger partial charge is 0.280 e. The van der Waals surface area contributed by atoms with Crippen molar-refractivity contribution in [2.45, 2.75) is 25.3 Å². The number of nitrogens with zero attached hydrogens (tertiary/aromatic N) is 3. The second-order valence-corrected chi connectivity index (χ2v) is 11.3. The number of nitrogens with one attached hydrogen (secondary N) is 1. The van der Waals surface area contributed by atoms with Gasteiger partial charge in [-0.3, -0.25) is 19.4 Å². The number of carbonyl (C=O) groups excluding carboxylic acids is 1. The third kappa shape index (κ3) is 5.37. The van der Waals surface area contributed by atoms with Crippen LogP contribution < -0.4 is 9.62 Å². The van der Waals surface area contributed by atoms with Crippen molar-refractivity contribution in [3.05, 3.63) is 114 Å². The Bertz CT molecular complexity index is 1630. The topological polar surface area (TPSA) is 92.3 Å². The molecule has 0 aliphatic heterocycles. The van der Waals surface area contributed by atoms with Crippen LogP contribution in [0.1, 0.15) is 27.0 Å². The number of pyridine rings is 1. The normalized spacial score (nSPS) is 11.4. The van der Waals surface area contributed by atoms with Crippen LogP contribution in [0, 0.1) is 13.8 Å². The minimum Gasteiger partial charge on any atom is -0.280 e. The van der Waals surface area contributed by atoms with Gasteiger partial charge in [0.1, 0.15) is 0 Å². The van der Waals surface area contributed by atoms with Crippen LogP contribution in [0.15, 0.2) is 96.2 Å². The lowest BCUT2D eigenvalue weighted by Gasteiger charge is -2.20. The summed E-state index contributed by atoms with van der Waals surface area (Å²) in [5.74, 6) is -0.242. The van der Waals surface area contributed by atoms with Gasteiger partial charge in [-0.15, -0.1) is 0 Å². The quantitative estimate of drug-likeness (QED) is 0.282. The maximum atomic E-state index is 13.7. The molecule has 5 rings (SSSR count). The minimum absolute atomic E-state index is 0.166. The summed E-state index contributed by atoms with van der Waals surface area (Å²) in [6.45, 7) is 4.40. The zero-order chi connectivity index (χ0) is 26.0. The van der Waals surface area contributed by atoms with Crippen molar-refractivity contribution in [2.75, 3.05) is 9.62 Å². The number of rotatable bonds is 7. The van der Waals surface area contributed by atoms with Crippen LogP contribution in [-0.4, -0.2) is 24.3 Å². The van der Waals surface area contributed by atoms with Crippen LogP contribution in [0.2, 0.25) is 0 Å². The third-order valence-corrected chi connectivity index (χ3v) is 8.41. The summed E-state index contributed by atoms with van der Waals surface area (Å²) in [5, 5.41) is 0.586. The number of aryl methyl sites for hydroxylation is 2. The zero-order valence-electron chi connectivity index (χ0n) is 20.3. The monoisotopic (exact) mass is 528 g/mol. The Kier molecular flexibility index (Phi) is 6.73. The van der Waals surface area contributed by atoms with Gasteiger partial charge in [-0.2, -0.15) is 0 Å². The number of anilines is 2. The van der Waals surface area contributed by atoms with Gasteiger partial charge in [-0.1, -0.05) is 35.6 Å². The average Bonchev–Trinajstić information content (AvgIpc) is 3.30.